The van der Waals surface area contributed by atoms with Gasteiger partial charge < -0.3 is 20.7 Å². The lowest BCUT2D eigenvalue weighted by Crippen LogP contribution is -2.35. The lowest BCUT2D eigenvalue weighted by atomic mass is 9.99. The van der Waals surface area contributed by atoms with Crippen molar-refractivity contribution in [3.8, 4) is 0 Å². The first-order valence-corrected chi connectivity index (χ1v) is 8.05. The minimum Gasteiger partial charge on any atom is -0.380 e. The van der Waals surface area contributed by atoms with E-state index in [1.165, 1.54) is 25.9 Å². The van der Waals surface area contributed by atoms with Crippen LogP contribution in [0.25, 0.3) is 0 Å². The van der Waals surface area contributed by atoms with Crippen molar-refractivity contribution in [2.24, 2.45) is 16.6 Å². The molecule has 0 atom stereocenters. The van der Waals surface area contributed by atoms with E-state index < -0.39 is 0 Å². The van der Waals surface area contributed by atoms with Gasteiger partial charge in [0.1, 0.15) is 0 Å². The molecule has 1 heterocycles. The number of halogens is 1. The summed E-state index contributed by atoms with van der Waals surface area (Å²) in [6.07, 6.45) is 2.59. The maximum absolute atomic E-state index is 5.99. The quantitative estimate of drug-likeness (QED) is 0.412. The van der Waals surface area contributed by atoms with E-state index in [1.807, 2.05) is 24.3 Å². The van der Waals surface area contributed by atoms with Crippen LogP contribution in [0.1, 0.15) is 25.3 Å². The van der Waals surface area contributed by atoms with Gasteiger partial charge >= 0.3 is 0 Å². The summed E-state index contributed by atoms with van der Waals surface area (Å²) in [7, 11) is 1.69. The molecule has 1 aromatic rings. The van der Waals surface area contributed by atoms with Crippen molar-refractivity contribution < 1.29 is 4.74 Å². The lowest BCUT2D eigenvalue weighted by molar-refractivity contribution is 0.185. The Labute approximate surface area is 156 Å². The van der Waals surface area contributed by atoms with Crippen LogP contribution in [0.2, 0.25) is 0 Å². The number of likely N-dealkylation sites (tertiary alicyclic amines) is 1. The molecule has 0 aliphatic carbocycles. The number of nitrogens with zero attached hydrogens (tertiary/aromatic N) is 2. The van der Waals surface area contributed by atoms with Crippen LogP contribution in [0.4, 0.5) is 5.69 Å². The molecule has 0 bridgehead atoms. The molecular formula is C17H29IN4O. The van der Waals surface area contributed by atoms with Crippen LogP contribution in [0, 0.1) is 5.92 Å². The van der Waals surface area contributed by atoms with Crippen molar-refractivity contribution >= 4 is 35.6 Å². The third-order valence-electron chi connectivity index (χ3n) is 4.15. The fourth-order valence-electron chi connectivity index (χ4n) is 2.70. The summed E-state index contributed by atoms with van der Waals surface area (Å²) in [6, 6.07) is 7.98. The van der Waals surface area contributed by atoms with Crippen LogP contribution < -0.4 is 11.1 Å². The Bertz CT molecular complexity index is 487. The number of para-hydroxylation sites is 1. The average molecular weight is 432 g/mol. The summed E-state index contributed by atoms with van der Waals surface area (Å²) in [4.78, 5) is 6.90. The number of hydrogen-bond acceptors (Lipinski definition) is 3. The van der Waals surface area contributed by atoms with E-state index in [4.69, 9.17) is 10.5 Å². The number of benzene rings is 1. The number of anilines is 1. The van der Waals surface area contributed by atoms with Gasteiger partial charge in [0.15, 0.2) is 5.96 Å². The van der Waals surface area contributed by atoms with Crippen molar-refractivity contribution in [3.05, 3.63) is 29.8 Å². The third kappa shape index (κ3) is 7.05. The van der Waals surface area contributed by atoms with Gasteiger partial charge in [-0.3, -0.25) is 4.99 Å². The van der Waals surface area contributed by atoms with Gasteiger partial charge in [-0.25, -0.2) is 0 Å². The number of nitrogens with one attached hydrogen (secondary N) is 1. The van der Waals surface area contributed by atoms with Gasteiger partial charge in [0.25, 0.3) is 0 Å². The molecule has 1 aliphatic heterocycles. The van der Waals surface area contributed by atoms with Gasteiger partial charge in [-0.2, -0.15) is 0 Å². The van der Waals surface area contributed by atoms with Crippen LogP contribution in [0.5, 0.6) is 0 Å². The molecule has 3 N–H and O–H groups in total. The van der Waals surface area contributed by atoms with Gasteiger partial charge in [0.2, 0.25) is 0 Å². The number of nitrogens with two attached hydrogens (primary N) is 1. The van der Waals surface area contributed by atoms with Crippen LogP contribution >= 0.6 is 24.0 Å². The van der Waals surface area contributed by atoms with Gasteiger partial charge in [-0.05, 0) is 37.9 Å². The smallest absolute Gasteiger partial charge is 0.193 e. The molecule has 0 spiro atoms. The second-order valence-corrected chi connectivity index (χ2v) is 6.01. The number of guanidine groups is 1. The molecule has 1 saturated heterocycles. The molecule has 0 aromatic heterocycles. The number of aliphatic imine (C=N–C) groups is 1. The standard InChI is InChI=1S/C17H28N4O.HI/c1-14-7-10-21(11-8-14)12-9-19-17(18)20-16-6-4-3-5-15(16)13-22-2;/h3-6,14H,7-13H2,1-2H3,(H3,18,19,20);1H. The predicted octanol–water partition coefficient (Wildman–Crippen LogP) is 2.91. The van der Waals surface area contributed by atoms with E-state index in [0.29, 0.717) is 12.6 Å². The Morgan fingerprint density at radius 1 is 1.35 bits per heavy atom. The summed E-state index contributed by atoms with van der Waals surface area (Å²) >= 11 is 0. The first-order chi connectivity index (χ1) is 10.7. The molecule has 0 amide bonds. The highest BCUT2D eigenvalue weighted by atomic mass is 127. The highest BCUT2D eigenvalue weighted by molar-refractivity contribution is 14.0. The van der Waals surface area contributed by atoms with Gasteiger partial charge in [0.05, 0.1) is 13.2 Å². The molecule has 6 heteroatoms. The van der Waals surface area contributed by atoms with Crippen LogP contribution in [0.3, 0.4) is 0 Å². The minimum absolute atomic E-state index is 0. The second-order valence-electron chi connectivity index (χ2n) is 6.01. The summed E-state index contributed by atoms with van der Waals surface area (Å²) in [5, 5.41) is 3.17. The highest BCUT2D eigenvalue weighted by Gasteiger charge is 2.14. The zero-order valence-corrected chi connectivity index (χ0v) is 16.5. The Morgan fingerprint density at radius 3 is 2.74 bits per heavy atom. The first-order valence-electron chi connectivity index (χ1n) is 8.05. The second kappa shape index (κ2) is 10.8. The molecule has 23 heavy (non-hydrogen) atoms. The Balaban J connectivity index is 0.00000264. The van der Waals surface area contributed by atoms with Crippen molar-refractivity contribution in [2.45, 2.75) is 26.4 Å². The summed E-state index contributed by atoms with van der Waals surface area (Å²) < 4.78 is 5.19. The average Bonchev–Trinajstić information content (AvgIpc) is 2.51. The molecule has 0 saturated carbocycles. The number of ether oxygens (including phenoxy) is 1. The van der Waals surface area contributed by atoms with Gasteiger partial charge in [0, 0.05) is 24.9 Å². The first kappa shape index (κ1) is 20.2. The number of piperidine rings is 1. The monoisotopic (exact) mass is 432 g/mol. The zero-order chi connectivity index (χ0) is 15.8. The SMILES string of the molecule is COCc1ccccc1NC(N)=NCCN1CCC(C)CC1.I. The van der Waals surface area contributed by atoms with Crippen LogP contribution in [-0.2, 0) is 11.3 Å². The molecule has 1 aromatic carbocycles. The molecule has 0 radical (unpaired) electrons. The lowest BCUT2D eigenvalue weighted by Gasteiger charge is -2.29. The van der Waals surface area contributed by atoms with E-state index in [-0.39, 0.29) is 24.0 Å². The molecule has 1 fully saturated rings. The number of hydrogen-bond donors (Lipinski definition) is 2. The Kier molecular flexibility index (Phi) is 9.50. The largest absolute Gasteiger partial charge is 0.380 e. The van der Waals surface area contributed by atoms with E-state index in [9.17, 15) is 0 Å². The van der Waals surface area contributed by atoms with Crippen molar-refractivity contribution in [1.82, 2.24) is 4.90 Å². The topological polar surface area (TPSA) is 62.9 Å². The molecule has 130 valence electrons. The maximum Gasteiger partial charge on any atom is 0.193 e. The Morgan fingerprint density at radius 2 is 2.04 bits per heavy atom. The van der Waals surface area contributed by atoms with Crippen LogP contribution in [-0.4, -0.2) is 44.1 Å². The van der Waals surface area contributed by atoms with Gasteiger partial charge in [-0.15, -0.1) is 24.0 Å². The maximum atomic E-state index is 5.99. The molecule has 5 nitrogen and oxygen atoms in total. The summed E-state index contributed by atoms with van der Waals surface area (Å²) in [6.45, 7) is 6.97. The highest BCUT2D eigenvalue weighted by Crippen LogP contribution is 2.16. The zero-order valence-electron chi connectivity index (χ0n) is 14.1. The van der Waals surface area contributed by atoms with Crippen LogP contribution in [0.15, 0.2) is 29.3 Å². The van der Waals surface area contributed by atoms with Crippen molar-refractivity contribution in [3.63, 3.8) is 0 Å². The van der Waals surface area contributed by atoms with E-state index >= 15 is 0 Å². The number of rotatable bonds is 6. The van der Waals surface area contributed by atoms with Crippen molar-refractivity contribution in [2.75, 3.05) is 38.6 Å². The predicted molar refractivity (Wildman–Crippen MR) is 108 cm³/mol. The fraction of sp³-hybridized carbons (Fsp3) is 0.588. The van der Waals surface area contributed by atoms with Crippen molar-refractivity contribution in [1.29, 1.82) is 0 Å². The van der Waals surface area contributed by atoms with E-state index in [1.54, 1.807) is 7.11 Å². The fourth-order valence-corrected chi connectivity index (χ4v) is 2.70. The Hall–Kier alpha value is -0.860. The molecule has 2 rings (SSSR count). The number of methoxy groups -OCH3 is 1. The normalized spacial score (nSPS) is 16.9. The van der Waals surface area contributed by atoms with E-state index in [0.717, 1.165) is 30.3 Å². The molecule has 1 aliphatic rings. The summed E-state index contributed by atoms with van der Waals surface area (Å²) in [5.41, 5.74) is 8.02. The third-order valence-corrected chi connectivity index (χ3v) is 4.15. The molecule has 0 unspecified atom stereocenters. The molecular weight excluding hydrogens is 403 g/mol. The summed E-state index contributed by atoms with van der Waals surface area (Å²) in [5.74, 6) is 1.33. The van der Waals surface area contributed by atoms with Gasteiger partial charge in [-0.1, -0.05) is 25.1 Å². The minimum atomic E-state index is 0. The van der Waals surface area contributed by atoms with E-state index in [2.05, 4.69) is 22.1 Å².